The van der Waals surface area contributed by atoms with Crippen LogP contribution in [-0.4, -0.2) is 32.1 Å². The van der Waals surface area contributed by atoms with Crippen LogP contribution in [0.5, 0.6) is 0 Å². The van der Waals surface area contributed by atoms with Gasteiger partial charge < -0.3 is 0 Å². The van der Waals surface area contributed by atoms with Crippen molar-refractivity contribution in [3.05, 3.63) is 54.1 Å². The van der Waals surface area contributed by atoms with Crippen LogP contribution in [-0.2, 0) is 10.0 Å². The molecule has 2 aromatic carbocycles. The molecule has 0 N–H and O–H groups in total. The predicted octanol–water partition coefficient (Wildman–Crippen LogP) is 3.20. The molecule has 2 rings (SSSR count). The molecule has 0 unspecified atom stereocenters. The van der Waals surface area contributed by atoms with E-state index in [9.17, 15) is 13.2 Å². The Bertz CT molecular complexity index is 765. The summed E-state index contributed by atoms with van der Waals surface area (Å²) in [6.07, 6.45) is 0.763. The molecule has 0 atom stereocenters. The normalized spacial score (nSPS) is 11.9. The van der Waals surface area contributed by atoms with Crippen LogP contribution in [0, 0.1) is 0 Å². The molecule has 0 aliphatic rings. The number of rotatable bonds is 5. The fourth-order valence-corrected chi connectivity index (χ4v) is 3.68. The Labute approximate surface area is 131 Å². The van der Waals surface area contributed by atoms with Crippen molar-refractivity contribution in [1.82, 2.24) is 4.31 Å². The van der Waals surface area contributed by atoms with E-state index in [2.05, 4.69) is 0 Å². The van der Waals surface area contributed by atoms with Gasteiger partial charge in [-0.05, 0) is 25.5 Å². The molecule has 4 nitrogen and oxygen atoms in total. The number of benzene rings is 2. The van der Waals surface area contributed by atoms with Gasteiger partial charge in [0.2, 0.25) is 10.0 Å². The van der Waals surface area contributed by atoms with Crippen molar-refractivity contribution in [2.24, 2.45) is 0 Å². The standard InChI is InChI=1S/C17H19NO3S/c1-13(2)18(3)22(20,21)17-7-5-4-6-16(17)15-10-8-14(12-19)9-11-15/h4-13H,1-3H3. The van der Waals surface area contributed by atoms with E-state index in [0.717, 1.165) is 11.8 Å². The second-order valence-electron chi connectivity index (χ2n) is 5.35. The van der Waals surface area contributed by atoms with Crippen LogP contribution in [0.1, 0.15) is 24.2 Å². The van der Waals surface area contributed by atoms with E-state index >= 15 is 0 Å². The summed E-state index contributed by atoms with van der Waals surface area (Å²) in [5.74, 6) is 0. The Morgan fingerprint density at radius 2 is 1.59 bits per heavy atom. The summed E-state index contributed by atoms with van der Waals surface area (Å²) in [5.41, 5.74) is 1.96. The van der Waals surface area contributed by atoms with Gasteiger partial charge in [0.25, 0.3) is 0 Å². The molecule has 0 spiro atoms. The minimum absolute atomic E-state index is 0.129. The average Bonchev–Trinajstić information content (AvgIpc) is 2.54. The molecule has 0 aromatic heterocycles. The van der Waals surface area contributed by atoms with Crippen molar-refractivity contribution >= 4 is 16.3 Å². The molecule has 22 heavy (non-hydrogen) atoms. The number of hydrogen-bond donors (Lipinski definition) is 0. The van der Waals surface area contributed by atoms with Crippen LogP contribution in [0.15, 0.2) is 53.4 Å². The topological polar surface area (TPSA) is 54.5 Å². The lowest BCUT2D eigenvalue weighted by Crippen LogP contribution is -2.33. The van der Waals surface area contributed by atoms with Gasteiger partial charge in [-0.2, -0.15) is 4.31 Å². The van der Waals surface area contributed by atoms with Crippen LogP contribution in [0.3, 0.4) is 0 Å². The molecule has 2 aromatic rings. The molecule has 0 saturated carbocycles. The zero-order valence-electron chi connectivity index (χ0n) is 12.9. The van der Waals surface area contributed by atoms with Crippen molar-refractivity contribution in [3.8, 4) is 11.1 Å². The van der Waals surface area contributed by atoms with Crippen molar-refractivity contribution in [2.75, 3.05) is 7.05 Å². The van der Waals surface area contributed by atoms with E-state index in [1.165, 1.54) is 4.31 Å². The molecule has 0 bridgehead atoms. The Kier molecular flexibility index (Phi) is 4.78. The third-order valence-corrected chi connectivity index (χ3v) is 5.72. The lowest BCUT2D eigenvalue weighted by molar-refractivity contribution is 0.112. The van der Waals surface area contributed by atoms with E-state index in [1.54, 1.807) is 55.6 Å². The van der Waals surface area contributed by atoms with Gasteiger partial charge >= 0.3 is 0 Å². The molecule has 0 amide bonds. The Hall–Kier alpha value is -1.98. The number of hydrogen-bond acceptors (Lipinski definition) is 3. The van der Waals surface area contributed by atoms with E-state index < -0.39 is 10.0 Å². The van der Waals surface area contributed by atoms with Gasteiger partial charge in [0.1, 0.15) is 6.29 Å². The summed E-state index contributed by atoms with van der Waals surface area (Å²) in [4.78, 5) is 11.0. The van der Waals surface area contributed by atoms with Gasteiger partial charge in [0.05, 0.1) is 4.90 Å². The Balaban J connectivity index is 2.57. The lowest BCUT2D eigenvalue weighted by Gasteiger charge is -2.22. The monoisotopic (exact) mass is 317 g/mol. The van der Waals surface area contributed by atoms with Gasteiger partial charge in [-0.25, -0.2) is 8.42 Å². The first-order chi connectivity index (χ1) is 10.4. The molecule has 0 aliphatic carbocycles. The zero-order chi connectivity index (χ0) is 16.3. The fourth-order valence-electron chi connectivity index (χ4n) is 2.10. The number of nitrogens with zero attached hydrogens (tertiary/aromatic N) is 1. The molecule has 0 saturated heterocycles. The average molecular weight is 317 g/mol. The Morgan fingerprint density at radius 1 is 1.00 bits per heavy atom. The van der Waals surface area contributed by atoms with Gasteiger partial charge in [0, 0.05) is 24.2 Å². The quantitative estimate of drug-likeness (QED) is 0.796. The predicted molar refractivity (Wildman–Crippen MR) is 87.4 cm³/mol. The van der Waals surface area contributed by atoms with Crippen LogP contribution in [0.25, 0.3) is 11.1 Å². The van der Waals surface area contributed by atoms with Crippen molar-refractivity contribution in [2.45, 2.75) is 24.8 Å². The highest BCUT2D eigenvalue weighted by Crippen LogP contribution is 2.29. The van der Waals surface area contributed by atoms with Crippen LogP contribution in [0.2, 0.25) is 0 Å². The number of sulfonamides is 1. The third-order valence-electron chi connectivity index (χ3n) is 3.63. The SMILES string of the molecule is CC(C)N(C)S(=O)(=O)c1ccccc1-c1ccc(C=O)cc1. The molecule has 0 heterocycles. The highest BCUT2D eigenvalue weighted by Gasteiger charge is 2.25. The van der Waals surface area contributed by atoms with Crippen molar-refractivity contribution in [3.63, 3.8) is 0 Å². The summed E-state index contributed by atoms with van der Waals surface area (Å²) in [6.45, 7) is 3.66. The molecular formula is C17H19NO3S. The zero-order valence-corrected chi connectivity index (χ0v) is 13.7. The molecular weight excluding hydrogens is 298 g/mol. The van der Waals surface area contributed by atoms with Crippen LogP contribution >= 0.6 is 0 Å². The first-order valence-electron chi connectivity index (χ1n) is 7.00. The van der Waals surface area contributed by atoms with Gasteiger partial charge in [-0.1, -0.05) is 42.5 Å². The molecule has 5 heteroatoms. The second kappa shape index (κ2) is 6.42. The molecule has 0 radical (unpaired) electrons. The highest BCUT2D eigenvalue weighted by molar-refractivity contribution is 7.89. The van der Waals surface area contributed by atoms with Crippen molar-refractivity contribution < 1.29 is 13.2 Å². The molecule has 0 aliphatic heterocycles. The molecule has 116 valence electrons. The lowest BCUT2D eigenvalue weighted by atomic mass is 10.0. The number of aldehydes is 1. The van der Waals surface area contributed by atoms with E-state index in [1.807, 2.05) is 13.8 Å². The minimum atomic E-state index is -3.57. The summed E-state index contributed by atoms with van der Waals surface area (Å²) in [5, 5.41) is 0. The van der Waals surface area contributed by atoms with Crippen LogP contribution < -0.4 is 0 Å². The third kappa shape index (κ3) is 3.10. The smallest absolute Gasteiger partial charge is 0.243 e. The summed E-state index contributed by atoms with van der Waals surface area (Å²) < 4.78 is 26.9. The maximum atomic E-state index is 12.8. The van der Waals surface area contributed by atoms with Gasteiger partial charge in [-0.15, -0.1) is 0 Å². The summed E-state index contributed by atoms with van der Waals surface area (Å²) >= 11 is 0. The van der Waals surface area contributed by atoms with Gasteiger partial charge in [0.15, 0.2) is 0 Å². The number of carbonyl (C=O) groups is 1. The van der Waals surface area contributed by atoms with Crippen LogP contribution in [0.4, 0.5) is 0 Å². The maximum absolute atomic E-state index is 12.8. The highest BCUT2D eigenvalue weighted by atomic mass is 32.2. The summed E-state index contributed by atoms with van der Waals surface area (Å²) in [7, 11) is -1.99. The first kappa shape index (κ1) is 16.4. The fraction of sp³-hybridized carbons (Fsp3) is 0.235. The maximum Gasteiger partial charge on any atom is 0.243 e. The van der Waals surface area contributed by atoms with E-state index in [-0.39, 0.29) is 10.9 Å². The van der Waals surface area contributed by atoms with E-state index in [0.29, 0.717) is 11.1 Å². The van der Waals surface area contributed by atoms with E-state index in [4.69, 9.17) is 0 Å². The molecule has 0 fully saturated rings. The summed E-state index contributed by atoms with van der Waals surface area (Å²) in [6, 6.07) is 13.6. The minimum Gasteiger partial charge on any atom is -0.298 e. The second-order valence-corrected chi connectivity index (χ2v) is 7.32. The first-order valence-corrected chi connectivity index (χ1v) is 8.44. The van der Waals surface area contributed by atoms with Gasteiger partial charge in [-0.3, -0.25) is 4.79 Å². The Morgan fingerprint density at radius 3 is 2.14 bits per heavy atom. The largest absolute Gasteiger partial charge is 0.298 e. The number of carbonyl (C=O) groups excluding carboxylic acids is 1. The van der Waals surface area contributed by atoms with Crippen molar-refractivity contribution in [1.29, 1.82) is 0 Å².